The summed E-state index contributed by atoms with van der Waals surface area (Å²) >= 11 is 0. The standard InChI is InChI=1S/C11H7O2/c12-8-11-10(6-7-13-11)9-4-2-1-3-5-9/h1-7H. The van der Waals surface area contributed by atoms with Crippen molar-refractivity contribution in [3.63, 3.8) is 0 Å². The molecule has 0 amide bonds. The zero-order chi connectivity index (χ0) is 9.10. The Balaban J connectivity index is 2.52. The molecule has 1 aromatic heterocycles. The van der Waals surface area contributed by atoms with Crippen LogP contribution < -0.4 is 0 Å². The third kappa shape index (κ3) is 1.38. The zero-order valence-corrected chi connectivity index (χ0v) is 6.86. The van der Waals surface area contributed by atoms with Crippen molar-refractivity contribution in [1.29, 1.82) is 0 Å². The summed E-state index contributed by atoms with van der Waals surface area (Å²) in [6, 6.07) is 11.4. The normalized spacial score (nSPS) is 9.85. The van der Waals surface area contributed by atoms with Crippen LogP contribution in [0.2, 0.25) is 0 Å². The summed E-state index contributed by atoms with van der Waals surface area (Å²) in [7, 11) is 0. The van der Waals surface area contributed by atoms with Gasteiger partial charge in [0.05, 0.1) is 6.26 Å². The monoisotopic (exact) mass is 171 g/mol. The van der Waals surface area contributed by atoms with Gasteiger partial charge in [-0.1, -0.05) is 30.3 Å². The van der Waals surface area contributed by atoms with Gasteiger partial charge in [-0.05, 0) is 11.6 Å². The Bertz CT molecular complexity index is 401. The maximum Gasteiger partial charge on any atom is 0.272 e. The maximum absolute atomic E-state index is 10.4. The summed E-state index contributed by atoms with van der Waals surface area (Å²) in [6.07, 6.45) is 3.25. The fourth-order valence-corrected chi connectivity index (χ4v) is 1.23. The number of hydrogen-bond donors (Lipinski definition) is 0. The average Bonchev–Trinajstić information content (AvgIpc) is 2.67. The second-order valence-corrected chi connectivity index (χ2v) is 2.63. The van der Waals surface area contributed by atoms with E-state index in [1.807, 2.05) is 30.3 Å². The van der Waals surface area contributed by atoms with E-state index >= 15 is 0 Å². The van der Waals surface area contributed by atoms with Gasteiger partial charge >= 0.3 is 0 Å². The van der Waals surface area contributed by atoms with Gasteiger partial charge in [-0.3, -0.25) is 4.79 Å². The Labute approximate surface area is 75.8 Å². The molecule has 0 saturated heterocycles. The summed E-state index contributed by atoms with van der Waals surface area (Å²) < 4.78 is 4.94. The molecule has 0 bridgehead atoms. The van der Waals surface area contributed by atoms with Crippen LogP contribution in [0.3, 0.4) is 0 Å². The van der Waals surface area contributed by atoms with Gasteiger partial charge in [0.15, 0.2) is 5.76 Å². The van der Waals surface area contributed by atoms with Crippen LogP contribution in [-0.2, 0) is 4.79 Å². The highest BCUT2D eigenvalue weighted by atomic mass is 16.3. The number of furan rings is 1. The molecule has 0 spiro atoms. The molecule has 0 fully saturated rings. The number of hydrogen-bond acceptors (Lipinski definition) is 2. The van der Waals surface area contributed by atoms with Crippen LogP contribution >= 0.6 is 0 Å². The fraction of sp³-hybridized carbons (Fsp3) is 0. The summed E-state index contributed by atoms with van der Waals surface area (Å²) in [5.41, 5.74) is 1.75. The second kappa shape index (κ2) is 3.27. The van der Waals surface area contributed by atoms with Crippen molar-refractivity contribution in [1.82, 2.24) is 0 Å². The van der Waals surface area contributed by atoms with E-state index in [0.29, 0.717) is 0 Å². The highest BCUT2D eigenvalue weighted by molar-refractivity contribution is 5.84. The van der Waals surface area contributed by atoms with Crippen LogP contribution in [0.25, 0.3) is 11.1 Å². The molecule has 2 rings (SSSR count). The largest absolute Gasteiger partial charge is 0.460 e. The summed E-state index contributed by atoms with van der Waals surface area (Å²) in [5.74, 6) is 0.256. The molecule has 0 atom stereocenters. The third-order valence-corrected chi connectivity index (χ3v) is 1.84. The molecule has 0 unspecified atom stereocenters. The van der Waals surface area contributed by atoms with E-state index in [9.17, 15) is 4.79 Å². The molecule has 13 heavy (non-hydrogen) atoms. The quantitative estimate of drug-likeness (QED) is 0.694. The van der Waals surface area contributed by atoms with E-state index in [-0.39, 0.29) is 5.76 Å². The molecule has 1 aromatic carbocycles. The molecule has 0 aliphatic rings. The summed E-state index contributed by atoms with van der Waals surface area (Å²) in [4.78, 5) is 10.4. The van der Waals surface area contributed by atoms with Gasteiger partial charge in [-0.15, -0.1) is 0 Å². The molecular formula is C11H7O2. The van der Waals surface area contributed by atoms with Crippen molar-refractivity contribution < 1.29 is 9.21 Å². The Morgan fingerprint density at radius 1 is 1.08 bits per heavy atom. The lowest BCUT2D eigenvalue weighted by Crippen LogP contribution is -1.80. The molecule has 0 N–H and O–H groups in total. The molecule has 0 saturated carbocycles. The first-order valence-corrected chi connectivity index (χ1v) is 3.93. The van der Waals surface area contributed by atoms with Crippen molar-refractivity contribution in [3.8, 4) is 11.1 Å². The highest BCUT2D eigenvalue weighted by Gasteiger charge is 2.06. The Hall–Kier alpha value is -1.83. The zero-order valence-electron chi connectivity index (χ0n) is 6.86. The summed E-state index contributed by atoms with van der Waals surface area (Å²) in [5, 5.41) is 0. The van der Waals surface area contributed by atoms with E-state index in [1.54, 1.807) is 12.4 Å². The van der Waals surface area contributed by atoms with Gasteiger partial charge in [0.1, 0.15) is 0 Å². The lowest BCUT2D eigenvalue weighted by atomic mass is 10.1. The first-order valence-electron chi connectivity index (χ1n) is 3.93. The molecule has 2 nitrogen and oxygen atoms in total. The number of rotatable bonds is 2. The van der Waals surface area contributed by atoms with Crippen LogP contribution in [0, 0.1) is 0 Å². The van der Waals surface area contributed by atoms with Gasteiger partial charge in [-0.25, -0.2) is 0 Å². The SMILES string of the molecule is O=[C]c1occc1-c1ccccc1. The minimum atomic E-state index is 0.256. The molecular weight excluding hydrogens is 164 g/mol. The predicted octanol–water partition coefficient (Wildman–Crippen LogP) is 2.40. The van der Waals surface area contributed by atoms with Crippen molar-refractivity contribution in [2.24, 2.45) is 0 Å². The van der Waals surface area contributed by atoms with Gasteiger partial charge in [-0.2, -0.15) is 0 Å². The molecule has 1 radical (unpaired) electrons. The van der Waals surface area contributed by atoms with Gasteiger partial charge < -0.3 is 4.42 Å². The van der Waals surface area contributed by atoms with Crippen molar-refractivity contribution in [2.75, 3.05) is 0 Å². The minimum Gasteiger partial charge on any atom is -0.460 e. The highest BCUT2D eigenvalue weighted by Crippen LogP contribution is 2.22. The van der Waals surface area contributed by atoms with E-state index in [0.717, 1.165) is 11.1 Å². The lowest BCUT2D eigenvalue weighted by molar-refractivity contribution is 0.519. The number of benzene rings is 1. The first-order chi connectivity index (χ1) is 6.42. The van der Waals surface area contributed by atoms with Crippen LogP contribution in [0.15, 0.2) is 47.1 Å². The van der Waals surface area contributed by atoms with E-state index in [1.165, 1.54) is 6.26 Å². The van der Waals surface area contributed by atoms with Gasteiger partial charge in [0.25, 0.3) is 6.29 Å². The Morgan fingerprint density at radius 3 is 2.54 bits per heavy atom. The second-order valence-electron chi connectivity index (χ2n) is 2.63. The molecule has 63 valence electrons. The molecule has 1 heterocycles. The van der Waals surface area contributed by atoms with Crippen LogP contribution in [0.1, 0.15) is 5.76 Å². The third-order valence-electron chi connectivity index (χ3n) is 1.84. The van der Waals surface area contributed by atoms with Gasteiger partial charge in [0.2, 0.25) is 0 Å². The van der Waals surface area contributed by atoms with Crippen LogP contribution in [0.5, 0.6) is 0 Å². The predicted molar refractivity (Wildman–Crippen MR) is 48.9 cm³/mol. The first kappa shape index (κ1) is 7.80. The average molecular weight is 171 g/mol. The molecule has 2 aromatic rings. The van der Waals surface area contributed by atoms with Crippen molar-refractivity contribution >= 4 is 6.29 Å². The fourth-order valence-electron chi connectivity index (χ4n) is 1.23. The maximum atomic E-state index is 10.4. The molecule has 0 aliphatic heterocycles. The number of carbonyl (C=O) groups excluding carboxylic acids is 1. The lowest BCUT2D eigenvalue weighted by Gasteiger charge is -1.95. The molecule has 2 heteroatoms. The summed E-state index contributed by atoms with van der Waals surface area (Å²) in [6.45, 7) is 0. The topological polar surface area (TPSA) is 30.2 Å². The van der Waals surface area contributed by atoms with E-state index < -0.39 is 0 Å². The van der Waals surface area contributed by atoms with Crippen molar-refractivity contribution in [3.05, 3.63) is 48.4 Å². The molecule has 0 aliphatic carbocycles. The van der Waals surface area contributed by atoms with E-state index in [4.69, 9.17) is 4.42 Å². The minimum absolute atomic E-state index is 0.256. The smallest absolute Gasteiger partial charge is 0.272 e. The van der Waals surface area contributed by atoms with Crippen LogP contribution in [-0.4, -0.2) is 6.29 Å². The van der Waals surface area contributed by atoms with Crippen molar-refractivity contribution in [2.45, 2.75) is 0 Å². The van der Waals surface area contributed by atoms with E-state index in [2.05, 4.69) is 0 Å². The van der Waals surface area contributed by atoms with Crippen LogP contribution in [0.4, 0.5) is 0 Å². The van der Waals surface area contributed by atoms with Gasteiger partial charge in [0, 0.05) is 5.56 Å². The Morgan fingerprint density at radius 2 is 1.85 bits per heavy atom. The Kier molecular flexibility index (Phi) is 1.96.